The monoisotopic (exact) mass is 311 g/mol. The number of anilines is 1. The molecule has 1 aliphatic rings. The van der Waals surface area contributed by atoms with Gasteiger partial charge in [-0.15, -0.1) is 5.10 Å². The van der Waals surface area contributed by atoms with Gasteiger partial charge in [0.15, 0.2) is 11.5 Å². The minimum Gasteiger partial charge on any atom is -0.394 e. The first-order chi connectivity index (χ1) is 10.1. The summed E-state index contributed by atoms with van der Waals surface area (Å²) in [6.45, 7) is 1.64. The largest absolute Gasteiger partial charge is 0.394 e. The Labute approximate surface area is 125 Å². The normalized spacial score (nSPS) is 29.3. The standard InChI is InChI=1S/C12H17N5O3S/c1-5-8(19)7(4-18)20-9(5)6-3-14-11-10(13)15-12(21-2)16-17(6)11/h3,5,7-9,18-19H,4H2,1-2H3,(H2,13,15,16)/t5-,7+,8-,9+/m0/s1. The third kappa shape index (κ3) is 2.26. The highest BCUT2D eigenvalue weighted by atomic mass is 32.2. The summed E-state index contributed by atoms with van der Waals surface area (Å²) < 4.78 is 7.33. The van der Waals surface area contributed by atoms with E-state index in [-0.39, 0.29) is 12.5 Å². The fourth-order valence-electron chi connectivity index (χ4n) is 2.58. The van der Waals surface area contributed by atoms with Crippen LogP contribution in [0.5, 0.6) is 0 Å². The van der Waals surface area contributed by atoms with Crippen molar-refractivity contribution in [3.05, 3.63) is 11.9 Å². The fraction of sp³-hybridized carbons (Fsp3) is 0.583. The topological polar surface area (TPSA) is 119 Å². The number of hydrogen-bond acceptors (Lipinski definition) is 8. The van der Waals surface area contributed by atoms with Crippen LogP contribution in [0, 0.1) is 5.92 Å². The van der Waals surface area contributed by atoms with Crippen LogP contribution >= 0.6 is 11.8 Å². The van der Waals surface area contributed by atoms with Gasteiger partial charge in [-0.2, -0.15) is 0 Å². The van der Waals surface area contributed by atoms with Gasteiger partial charge in [-0.1, -0.05) is 18.7 Å². The second-order valence-electron chi connectivity index (χ2n) is 5.03. The minimum atomic E-state index is -0.732. The second kappa shape index (κ2) is 5.41. The molecule has 8 nitrogen and oxygen atoms in total. The number of thioether (sulfide) groups is 1. The molecule has 4 N–H and O–H groups in total. The van der Waals surface area contributed by atoms with Crippen LogP contribution in [0.2, 0.25) is 0 Å². The molecule has 0 saturated carbocycles. The van der Waals surface area contributed by atoms with Crippen molar-refractivity contribution in [2.24, 2.45) is 5.92 Å². The number of nitrogens with zero attached hydrogens (tertiary/aromatic N) is 4. The maximum Gasteiger partial charge on any atom is 0.209 e. The summed E-state index contributed by atoms with van der Waals surface area (Å²) in [5.41, 5.74) is 7.03. The molecule has 0 unspecified atom stereocenters. The molecule has 0 aromatic carbocycles. The van der Waals surface area contributed by atoms with E-state index < -0.39 is 18.3 Å². The summed E-state index contributed by atoms with van der Waals surface area (Å²) in [4.78, 5) is 8.37. The molecule has 1 saturated heterocycles. The van der Waals surface area contributed by atoms with Gasteiger partial charge >= 0.3 is 0 Å². The van der Waals surface area contributed by atoms with E-state index in [2.05, 4.69) is 15.1 Å². The van der Waals surface area contributed by atoms with Crippen molar-refractivity contribution in [2.75, 3.05) is 18.6 Å². The molecule has 2 aromatic rings. The molecule has 21 heavy (non-hydrogen) atoms. The Balaban J connectivity index is 2.07. The zero-order chi connectivity index (χ0) is 15.1. The fourth-order valence-corrected chi connectivity index (χ4v) is 2.93. The molecule has 0 aliphatic carbocycles. The molecule has 3 heterocycles. The summed E-state index contributed by atoms with van der Waals surface area (Å²) in [5.74, 6) is 0.112. The Morgan fingerprint density at radius 1 is 1.52 bits per heavy atom. The Bertz CT molecular complexity index is 664. The van der Waals surface area contributed by atoms with E-state index in [0.29, 0.717) is 22.3 Å². The lowest BCUT2D eigenvalue weighted by molar-refractivity contribution is -0.0241. The molecule has 114 valence electrons. The van der Waals surface area contributed by atoms with Crippen molar-refractivity contribution in [1.82, 2.24) is 19.6 Å². The van der Waals surface area contributed by atoms with Crippen LogP contribution in [0.4, 0.5) is 5.82 Å². The molecule has 1 aliphatic heterocycles. The van der Waals surface area contributed by atoms with Crippen LogP contribution < -0.4 is 5.73 Å². The maximum atomic E-state index is 10.1. The number of imidazole rings is 1. The molecule has 0 amide bonds. The number of aliphatic hydroxyl groups is 2. The highest BCUT2D eigenvalue weighted by Crippen LogP contribution is 2.38. The van der Waals surface area contributed by atoms with Gasteiger partial charge in [0.1, 0.15) is 12.2 Å². The molecule has 3 rings (SSSR count). The van der Waals surface area contributed by atoms with Gasteiger partial charge in [0.2, 0.25) is 5.16 Å². The number of nitrogen functional groups attached to an aromatic ring is 1. The SMILES string of the molecule is CSc1nc(N)c2ncc([C@@H]3O[C@H](CO)[C@@H](O)[C@@H]3C)n2n1. The van der Waals surface area contributed by atoms with E-state index in [1.807, 2.05) is 13.2 Å². The van der Waals surface area contributed by atoms with Gasteiger partial charge in [0.05, 0.1) is 24.6 Å². The van der Waals surface area contributed by atoms with Crippen LogP contribution in [0.15, 0.2) is 11.4 Å². The van der Waals surface area contributed by atoms with Gasteiger partial charge < -0.3 is 20.7 Å². The van der Waals surface area contributed by atoms with Crippen LogP contribution in [0.3, 0.4) is 0 Å². The van der Waals surface area contributed by atoms with Crippen LogP contribution in [0.25, 0.3) is 5.65 Å². The van der Waals surface area contributed by atoms with Crippen molar-refractivity contribution in [3.8, 4) is 0 Å². The van der Waals surface area contributed by atoms with E-state index in [9.17, 15) is 10.2 Å². The van der Waals surface area contributed by atoms with Crippen LogP contribution in [-0.4, -0.2) is 54.9 Å². The molecular formula is C12H17N5O3S. The first kappa shape index (κ1) is 14.5. The van der Waals surface area contributed by atoms with E-state index in [1.165, 1.54) is 11.8 Å². The van der Waals surface area contributed by atoms with Gasteiger partial charge in [0.25, 0.3) is 0 Å². The summed E-state index contributed by atoms with van der Waals surface area (Å²) in [6, 6.07) is 0. The predicted molar refractivity (Wildman–Crippen MR) is 76.8 cm³/mol. The predicted octanol–water partition coefficient (Wildman–Crippen LogP) is -0.142. The first-order valence-corrected chi connectivity index (χ1v) is 7.78. The van der Waals surface area contributed by atoms with Crippen molar-refractivity contribution >= 4 is 23.2 Å². The number of aromatic nitrogens is 4. The highest BCUT2D eigenvalue weighted by molar-refractivity contribution is 7.98. The van der Waals surface area contributed by atoms with Crippen molar-refractivity contribution in [3.63, 3.8) is 0 Å². The smallest absolute Gasteiger partial charge is 0.209 e. The van der Waals surface area contributed by atoms with Crippen molar-refractivity contribution in [2.45, 2.75) is 30.4 Å². The molecular weight excluding hydrogens is 294 g/mol. The first-order valence-electron chi connectivity index (χ1n) is 6.56. The highest BCUT2D eigenvalue weighted by Gasteiger charge is 2.42. The Kier molecular flexibility index (Phi) is 3.74. The van der Waals surface area contributed by atoms with Crippen molar-refractivity contribution in [1.29, 1.82) is 0 Å². The Morgan fingerprint density at radius 3 is 2.90 bits per heavy atom. The molecule has 0 radical (unpaired) electrons. The number of rotatable bonds is 3. The summed E-state index contributed by atoms with van der Waals surface area (Å²) >= 11 is 1.38. The van der Waals surface area contributed by atoms with E-state index in [0.717, 1.165) is 0 Å². The molecule has 0 bridgehead atoms. The number of hydrogen-bond donors (Lipinski definition) is 3. The third-order valence-electron chi connectivity index (χ3n) is 3.77. The average Bonchev–Trinajstić information content (AvgIpc) is 3.02. The maximum absolute atomic E-state index is 10.1. The minimum absolute atomic E-state index is 0.184. The summed E-state index contributed by atoms with van der Waals surface area (Å²) in [7, 11) is 0. The summed E-state index contributed by atoms with van der Waals surface area (Å²) in [6.07, 6.45) is 1.74. The van der Waals surface area contributed by atoms with E-state index in [1.54, 1.807) is 10.7 Å². The zero-order valence-electron chi connectivity index (χ0n) is 11.7. The molecule has 4 atom stereocenters. The molecule has 2 aromatic heterocycles. The molecule has 1 fully saturated rings. The second-order valence-corrected chi connectivity index (χ2v) is 5.80. The van der Waals surface area contributed by atoms with Gasteiger partial charge in [-0.25, -0.2) is 14.5 Å². The Morgan fingerprint density at radius 2 is 2.29 bits per heavy atom. The lowest BCUT2D eigenvalue weighted by atomic mass is 9.97. The number of fused-ring (bicyclic) bond motifs is 1. The number of aliphatic hydroxyl groups excluding tert-OH is 2. The summed E-state index contributed by atoms with van der Waals surface area (Å²) in [5, 5.41) is 24.2. The average molecular weight is 311 g/mol. The lowest BCUT2D eigenvalue weighted by Crippen LogP contribution is -2.27. The Hall–Kier alpha value is -1.42. The molecule has 0 spiro atoms. The zero-order valence-corrected chi connectivity index (χ0v) is 12.5. The van der Waals surface area contributed by atoms with Crippen LogP contribution in [0.1, 0.15) is 18.7 Å². The quantitative estimate of drug-likeness (QED) is 0.670. The van der Waals surface area contributed by atoms with Crippen molar-refractivity contribution < 1.29 is 14.9 Å². The van der Waals surface area contributed by atoms with E-state index >= 15 is 0 Å². The lowest BCUT2D eigenvalue weighted by Gasteiger charge is -2.14. The van der Waals surface area contributed by atoms with E-state index in [4.69, 9.17) is 10.5 Å². The third-order valence-corrected chi connectivity index (χ3v) is 4.31. The number of ether oxygens (including phenoxy) is 1. The van der Waals surface area contributed by atoms with Gasteiger partial charge in [0, 0.05) is 5.92 Å². The molecule has 9 heteroatoms. The van der Waals surface area contributed by atoms with Crippen LogP contribution in [-0.2, 0) is 4.74 Å². The van der Waals surface area contributed by atoms with Gasteiger partial charge in [-0.05, 0) is 6.26 Å². The van der Waals surface area contributed by atoms with Gasteiger partial charge in [-0.3, -0.25) is 0 Å². The number of nitrogens with two attached hydrogens (primary N) is 1.